The van der Waals surface area contributed by atoms with E-state index in [1.165, 1.54) is 12.1 Å². The van der Waals surface area contributed by atoms with Gasteiger partial charge in [-0.1, -0.05) is 30.3 Å². The number of fused-ring (bicyclic) bond motifs is 1. The number of nitrogens with one attached hydrogen (secondary N) is 2. The highest BCUT2D eigenvalue weighted by Crippen LogP contribution is 2.28. The molecule has 0 aliphatic carbocycles. The van der Waals surface area contributed by atoms with Gasteiger partial charge in [0.1, 0.15) is 12.4 Å². The second-order valence-electron chi connectivity index (χ2n) is 6.10. The van der Waals surface area contributed by atoms with Gasteiger partial charge in [-0.25, -0.2) is 9.59 Å². The van der Waals surface area contributed by atoms with Crippen LogP contribution < -0.4 is 15.4 Å². The first-order valence-corrected chi connectivity index (χ1v) is 8.11. The molecule has 25 heavy (non-hydrogen) atoms. The highest BCUT2D eigenvalue weighted by atomic mass is 16.5. The van der Waals surface area contributed by atoms with E-state index in [0.29, 0.717) is 13.2 Å². The Morgan fingerprint density at radius 1 is 1.20 bits per heavy atom. The Bertz CT molecular complexity index is 787. The van der Waals surface area contributed by atoms with Crippen LogP contribution in [-0.4, -0.2) is 29.8 Å². The van der Waals surface area contributed by atoms with Crippen LogP contribution in [0.3, 0.4) is 0 Å². The van der Waals surface area contributed by atoms with Gasteiger partial charge in [0.15, 0.2) is 0 Å². The Labute approximate surface area is 145 Å². The molecule has 0 fully saturated rings. The molecule has 0 saturated heterocycles. The first kappa shape index (κ1) is 16.8. The van der Waals surface area contributed by atoms with Crippen molar-refractivity contribution >= 4 is 12.0 Å². The molecule has 0 saturated carbocycles. The van der Waals surface area contributed by atoms with Crippen molar-refractivity contribution in [3.05, 3.63) is 64.7 Å². The van der Waals surface area contributed by atoms with Crippen LogP contribution in [0.15, 0.2) is 42.5 Å². The van der Waals surface area contributed by atoms with Gasteiger partial charge >= 0.3 is 12.0 Å². The maximum Gasteiger partial charge on any atom is 0.335 e. The first-order valence-electron chi connectivity index (χ1n) is 8.11. The summed E-state index contributed by atoms with van der Waals surface area (Å²) < 4.78 is 5.77. The zero-order chi connectivity index (χ0) is 17.8. The summed E-state index contributed by atoms with van der Waals surface area (Å²) in [7, 11) is 0. The molecule has 0 bridgehead atoms. The third-order valence-electron chi connectivity index (χ3n) is 4.18. The van der Waals surface area contributed by atoms with Crippen molar-refractivity contribution in [3.8, 4) is 5.75 Å². The molecule has 3 rings (SSSR count). The Hall–Kier alpha value is -3.02. The fourth-order valence-corrected chi connectivity index (χ4v) is 2.87. The van der Waals surface area contributed by atoms with Gasteiger partial charge in [0, 0.05) is 6.54 Å². The van der Waals surface area contributed by atoms with Gasteiger partial charge in [0.2, 0.25) is 0 Å². The molecule has 3 N–H and O–H groups in total. The highest BCUT2D eigenvalue weighted by molar-refractivity contribution is 5.87. The minimum atomic E-state index is -0.968. The summed E-state index contributed by atoms with van der Waals surface area (Å²) in [4.78, 5) is 22.9. The third kappa shape index (κ3) is 4.09. The van der Waals surface area contributed by atoms with Crippen molar-refractivity contribution in [1.82, 2.24) is 10.6 Å². The lowest BCUT2D eigenvalue weighted by Gasteiger charge is -2.27. The molecule has 1 unspecified atom stereocenters. The summed E-state index contributed by atoms with van der Waals surface area (Å²) in [6.07, 6.45) is 0.734. The van der Waals surface area contributed by atoms with Gasteiger partial charge in [0.05, 0.1) is 11.6 Å². The summed E-state index contributed by atoms with van der Waals surface area (Å²) in [6, 6.07) is 12.1. The van der Waals surface area contributed by atoms with Crippen LogP contribution in [0.5, 0.6) is 5.75 Å². The van der Waals surface area contributed by atoms with Crippen molar-refractivity contribution in [2.45, 2.75) is 25.9 Å². The Morgan fingerprint density at radius 3 is 2.68 bits per heavy atom. The third-order valence-corrected chi connectivity index (χ3v) is 4.18. The Kier molecular flexibility index (Phi) is 4.88. The summed E-state index contributed by atoms with van der Waals surface area (Å²) in [5.74, 6) is -0.0513. The maximum absolute atomic E-state index is 12.1. The number of para-hydroxylation sites is 1. The van der Waals surface area contributed by atoms with Crippen molar-refractivity contribution < 1.29 is 19.4 Å². The van der Waals surface area contributed by atoms with E-state index in [9.17, 15) is 9.59 Å². The minimum absolute atomic E-state index is 0.0799. The number of urea groups is 1. The van der Waals surface area contributed by atoms with Crippen LogP contribution >= 0.6 is 0 Å². The van der Waals surface area contributed by atoms with Gasteiger partial charge in [-0.15, -0.1) is 0 Å². The topological polar surface area (TPSA) is 87.7 Å². The zero-order valence-corrected chi connectivity index (χ0v) is 13.9. The van der Waals surface area contributed by atoms with Crippen molar-refractivity contribution in [2.75, 3.05) is 6.61 Å². The van der Waals surface area contributed by atoms with Crippen molar-refractivity contribution in [2.24, 2.45) is 0 Å². The van der Waals surface area contributed by atoms with Crippen molar-refractivity contribution in [3.63, 3.8) is 0 Å². The minimum Gasteiger partial charge on any atom is -0.491 e. The summed E-state index contributed by atoms with van der Waals surface area (Å²) in [5.41, 5.74) is 3.26. The number of amides is 2. The standard InChI is InChI=1S/C19H20N2O4/c1-12-3-2-4-15-9-16(11-25-17(12)15)21-19(24)20-10-13-5-7-14(8-6-13)18(22)23/h2-8,16H,9-11H2,1H3,(H,22,23)(H2,20,21,24). The van der Waals surface area contributed by atoms with Crippen LogP contribution in [0.2, 0.25) is 0 Å². The summed E-state index contributed by atoms with van der Waals surface area (Å²) in [5, 5.41) is 14.6. The van der Waals surface area contributed by atoms with E-state index >= 15 is 0 Å². The molecular formula is C19H20N2O4. The lowest BCUT2D eigenvalue weighted by atomic mass is 10.0. The largest absolute Gasteiger partial charge is 0.491 e. The van der Waals surface area contributed by atoms with E-state index in [-0.39, 0.29) is 17.6 Å². The molecular weight excluding hydrogens is 320 g/mol. The lowest BCUT2D eigenvalue weighted by Crippen LogP contribution is -2.47. The molecule has 130 valence electrons. The van der Waals surface area contributed by atoms with Gasteiger partial charge in [0.25, 0.3) is 0 Å². The monoisotopic (exact) mass is 340 g/mol. The van der Waals surface area contributed by atoms with Crippen LogP contribution in [0.4, 0.5) is 4.79 Å². The van der Waals surface area contributed by atoms with E-state index in [0.717, 1.165) is 28.9 Å². The highest BCUT2D eigenvalue weighted by Gasteiger charge is 2.22. The van der Waals surface area contributed by atoms with E-state index in [2.05, 4.69) is 10.6 Å². The molecule has 1 heterocycles. The Morgan fingerprint density at radius 2 is 1.96 bits per heavy atom. The molecule has 2 aromatic rings. The van der Waals surface area contributed by atoms with Gasteiger partial charge in [-0.3, -0.25) is 0 Å². The smallest absolute Gasteiger partial charge is 0.335 e. The maximum atomic E-state index is 12.1. The molecule has 1 aliphatic rings. The average molecular weight is 340 g/mol. The van der Waals surface area contributed by atoms with Crippen LogP contribution in [-0.2, 0) is 13.0 Å². The van der Waals surface area contributed by atoms with Crippen molar-refractivity contribution in [1.29, 1.82) is 0 Å². The number of ether oxygens (including phenoxy) is 1. The molecule has 0 spiro atoms. The van der Waals surface area contributed by atoms with Gasteiger partial charge in [-0.05, 0) is 42.2 Å². The number of carbonyl (C=O) groups is 2. The number of hydrogen-bond donors (Lipinski definition) is 3. The molecule has 0 radical (unpaired) electrons. The second kappa shape index (κ2) is 7.25. The van der Waals surface area contributed by atoms with Crippen LogP contribution in [0, 0.1) is 6.92 Å². The Balaban J connectivity index is 1.51. The number of aryl methyl sites for hydroxylation is 1. The predicted octanol–water partition coefficient (Wildman–Crippen LogP) is 2.50. The molecule has 0 aromatic heterocycles. The number of benzene rings is 2. The quantitative estimate of drug-likeness (QED) is 0.798. The first-order chi connectivity index (χ1) is 12.0. The second-order valence-corrected chi connectivity index (χ2v) is 6.10. The fourth-order valence-electron chi connectivity index (χ4n) is 2.87. The van der Waals surface area contributed by atoms with E-state index in [1.54, 1.807) is 12.1 Å². The number of carboxylic acids is 1. The fraction of sp³-hybridized carbons (Fsp3) is 0.263. The molecule has 2 amide bonds. The molecule has 6 nitrogen and oxygen atoms in total. The van der Waals surface area contributed by atoms with Crippen LogP contribution in [0.1, 0.15) is 27.0 Å². The van der Waals surface area contributed by atoms with E-state index in [1.807, 2.05) is 25.1 Å². The molecule has 1 aliphatic heterocycles. The average Bonchev–Trinajstić information content (AvgIpc) is 2.60. The summed E-state index contributed by atoms with van der Waals surface area (Å²) in [6.45, 7) is 2.78. The number of carbonyl (C=O) groups excluding carboxylic acids is 1. The number of hydrogen-bond acceptors (Lipinski definition) is 3. The predicted molar refractivity (Wildman–Crippen MR) is 92.9 cm³/mol. The van der Waals surface area contributed by atoms with Crippen LogP contribution in [0.25, 0.3) is 0 Å². The molecule has 2 aromatic carbocycles. The zero-order valence-electron chi connectivity index (χ0n) is 13.9. The molecule has 6 heteroatoms. The van der Waals surface area contributed by atoms with Gasteiger partial charge < -0.3 is 20.5 Å². The number of rotatable bonds is 4. The van der Waals surface area contributed by atoms with E-state index in [4.69, 9.17) is 9.84 Å². The van der Waals surface area contributed by atoms with Gasteiger partial charge in [-0.2, -0.15) is 0 Å². The number of aromatic carboxylic acids is 1. The number of carboxylic acid groups (broad SMARTS) is 1. The SMILES string of the molecule is Cc1cccc2c1OCC(NC(=O)NCc1ccc(C(=O)O)cc1)C2. The normalized spacial score (nSPS) is 15.6. The lowest BCUT2D eigenvalue weighted by molar-refractivity contribution is 0.0697. The molecule has 1 atom stereocenters. The van der Waals surface area contributed by atoms with E-state index < -0.39 is 5.97 Å². The summed E-state index contributed by atoms with van der Waals surface area (Å²) >= 11 is 0.